The molecule has 1 atom stereocenters. The van der Waals surface area contributed by atoms with E-state index < -0.39 is 11.4 Å². The molecule has 5 heteroatoms. The number of amides is 1. The van der Waals surface area contributed by atoms with Crippen molar-refractivity contribution in [2.75, 3.05) is 7.05 Å². The Balaban J connectivity index is 2.75. The standard InChI is InChI=1S/C14H21NO3S/c1-9-6-7-11(19-9)10(2)15(5)12(16)8-14(3,4)13(17)18/h6-7,10H,8H2,1-5H3,(H,17,18). The molecule has 0 radical (unpaired) electrons. The minimum absolute atomic E-state index is 0.00747. The van der Waals surface area contributed by atoms with Crippen molar-refractivity contribution in [3.63, 3.8) is 0 Å². The maximum Gasteiger partial charge on any atom is 0.309 e. The van der Waals surface area contributed by atoms with E-state index in [9.17, 15) is 9.59 Å². The Morgan fingerprint density at radius 1 is 1.42 bits per heavy atom. The largest absolute Gasteiger partial charge is 0.481 e. The van der Waals surface area contributed by atoms with Crippen LogP contribution in [-0.4, -0.2) is 28.9 Å². The minimum Gasteiger partial charge on any atom is -0.481 e. The number of carboxylic acid groups (broad SMARTS) is 1. The molecule has 0 aliphatic heterocycles. The van der Waals surface area contributed by atoms with Crippen LogP contribution in [0.15, 0.2) is 12.1 Å². The topological polar surface area (TPSA) is 57.6 Å². The van der Waals surface area contributed by atoms with E-state index >= 15 is 0 Å². The highest BCUT2D eigenvalue weighted by Gasteiger charge is 2.32. The van der Waals surface area contributed by atoms with Crippen LogP contribution in [0.3, 0.4) is 0 Å². The average Bonchev–Trinajstić information content (AvgIpc) is 2.73. The van der Waals surface area contributed by atoms with Gasteiger partial charge in [0.15, 0.2) is 0 Å². The lowest BCUT2D eigenvalue weighted by Gasteiger charge is -2.27. The summed E-state index contributed by atoms with van der Waals surface area (Å²) >= 11 is 1.66. The first-order valence-corrected chi connectivity index (χ1v) is 7.02. The van der Waals surface area contributed by atoms with Crippen LogP contribution >= 0.6 is 11.3 Å². The smallest absolute Gasteiger partial charge is 0.309 e. The van der Waals surface area contributed by atoms with Crippen LogP contribution in [0.25, 0.3) is 0 Å². The van der Waals surface area contributed by atoms with Gasteiger partial charge in [0.1, 0.15) is 0 Å². The van der Waals surface area contributed by atoms with Gasteiger partial charge < -0.3 is 10.0 Å². The van der Waals surface area contributed by atoms with Crippen LogP contribution in [0.5, 0.6) is 0 Å². The number of carbonyl (C=O) groups is 2. The van der Waals surface area contributed by atoms with Gasteiger partial charge in [0, 0.05) is 23.2 Å². The van der Waals surface area contributed by atoms with Crippen LogP contribution in [0.1, 0.15) is 43.0 Å². The van der Waals surface area contributed by atoms with E-state index in [1.54, 1.807) is 37.1 Å². The molecule has 1 aromatic rings. The van der Waals surface area contributed by atoms with Gasteiger partial charge in [-0.2, -0.15) is 0 Å². The number of nitrogens with zero attached hydrogens (tertiary/aromatic N) is 1. The van der Waals surface area contributed by atoms with E-state index in [1.165, 1.54) is 4.88 Å². The molecule has 1 rings (SSSR count). The Morgan fingerprint density at radius 2 is 2.00 bits per heavy atom. The van der Waals surface area contributed by atoms with Crippen molar-refractivity contribution < 1.29 is 14.7 Å². The van der Waals surface area contributed by atoms with Gasteiger partial charge in [-0.15, -0.1) is 11.3 Å². The van der Waals surface area contributed by atoms with Crippen molar-refractivity contribution >= 4 is 23.2 Å². The summed E-state index contributed by atoms with van der Waals surface area (Å²) in [6.45, 7) is 7.12. The molecule has 1 heterocycles. The maximum absolute atomic E-state index is 12.2. The fourth-order valence-corrected chi connectivity index (χ4v) is 2.64. The summed E-state index contributed by atoms with van der Waals surface area (Å²) in [5.41, 5.74) is -1.03. The Morgan fingerprint density at radius 3 is 2.42 bits per heavy atom. The molecular weight excluding hydrogens is 262 g/mol. The summed E-state index contributed by atoms with van der Waals surface area (Å²) in [5.74, 6) is -1.10. The highest BCUT2D eigenvalue weighted by molar-refractivity contribution is 7.12. The van der Waals surface area contributed by atoms with Crippen LogP contribution in [0, 0.1) is 12.3 Å². The average molecular weight is 283 g/mol. The lowest BCUT2D eigenvalue weighted by Crippen LogP contribution is -2.35. The summed E-state index contributed by atoms with van der Waals surface area (Å²) in [7, 11) is 1.72. The third-order valence-corrected chi connectivity index (χ3v) is 4.49. The van der Waals surface area contributed by atoms with Gasteiger partial charge in [-0.05, 0) is 39.8 Å². The van der Waals surface area contributed by atoms with Crippen molar-refractivity contribution in [2.24, 2.45) is 5.41 Å². The SMILES string of the molecule is Cc1ccc(C(C)N(C)C(=O)CC(C)(C)C(=O)O)s1. The molecule has 0 saturated heterocycles. The van der Waals surface area contributed by atoms with Gasteiger partial charge >= 0.3 is 5.97 Å². The molecule has 0 aliphatic carbocycles. The van der Waals surface area contributed by atoms with Gasteiger partial charge in [0.25, 0.3) is 0 Å². The van der Waals surface area contributed by atoms with Crippen molar-refractivity contribution in [1.82, 2.24) is 4.90 Å². The van der Waals surface area contributed by atoms with Crippen LogP contribution in [0.2, 0.25) is 0 Å². The lowest BCUT2D eigenvalue weighted by molar-refractivity contribution is -0.151. The second-order valence-electron chi connectivity index (χ2n) is 5.49. The van der Waals surface area contributed by atoms with Gasteiger partial charge in [0.2, 0.25) is 5.91 Å². The zero-order valence-electron chi connectivity index (χ0n) is 12.1. The number of aliphatic carboxylic acids is 1. The van der Waals surface area contributed by atoms with Crippen molar-refractivity contribution in [2.45, 2.75) is 40.2 Å². The molecule has 0 aromatic carbocycles. The third-order valence-electron chi connectivity index (χ3n) is 3.32. The van der Waals surface area contributed by atoms with E-state index in [1.807, 2.05) is 26.0 Å². The zero-order valence-corrected chi connectivity index (χ0v) is 12.9. The normalized spacial score (nSPS) is 13.1. The highest BCUT2D eigenvalue weighted by atomic mass is 32.1. The molecule has 1 aromatic heterocycles. The van der Waals surface area contributed by atoms with Crippen molar-refractivity contribution in [1.29, 1.82) is 0 Å². The summed E-state index contributed by atoms with van der Waals surface area (Å²) in [5, 5.41) is 9.06. The molecule has 0 saturated carbocycles. The van der Waals surface area contributed by atoms with E-state index in [2.05, 4.69) is 0 Å². The minimum atomic E-state index is -1.03. The molecule has 19 heavy (non-hydrogen) atoms. The summed E-state index contributed by atoms with van der Waals surface area (Å²) in [6, 6.07) is 4.00. The van der Waals surface area contributed by atoms with Gasteiger partial charge in [-0.1, -0.05) is 0 Å². The fraction of sp³-hybridized carbons (Fsp3) is 0.571. The number of thiophene rings is 1. The summed E-state index contributed by atoms with van der Waals surface area (Å²) in [4.78, 5) is 27.1. The van der Waals surface area contributed by atoms with Crippen molar-refractivity contribution in [3.05, 3.63) is 21.9 Å². The molecule has 0 spiro atoms. The number of rotatable bonds is 5. The Hall–Kier alpha value is -1.36. The van der Waals surface area contributed by atoms with Crippen LogP contribution in [-0.2, 0) is 9.59 Å². The first-order chi connectivity index (χ1) is 8.65. The molecule has 0 bridgehead atoms. The van der Waals surface area contributed by atoms with E-state index in [0.29, 0.717) is 0 Å². The molecule has 0 fully saturated rings. The third kappa shape index (κ3) is 3.80. The monoisotopic (exact) mass is 283 g/mol. The Kier molecular flexibility index (Phi) is 4.74. The second kappa shape index (κ2) is 5.74. The molecule has 1 amide bonds. The fourth-order valence-electron chi connectivity index (χ4n) is 1.66. The van der Waals surface area contributed by atoms with Gasteiger partial charge in [-0.3, -0.25) is 9.59 Å². The van der Waals surface area contributed by atoms with Gasteiger partial charge in [0.05, 0.1) is 11.5 Å². The maximum atomic E-state index is 12.2. The number of hydrogen-bond acceptors (Lipinski definition) is 3. The van der Waals surface area contributed by atoms with E-state index in [4.69, 9.17) is 5.11 Å². The lowest BCUT2D eigenvalue weighted by atomic mass is 9.89. The molecule has 106 valence electrons. The number of carbonyl (C=O) groups excluding carboxylic acids is 1. The highest BCUT2D eigenvalue weighted by Crippen LogP contribution is 2.29. The number of hydrogen-bond donors (Lipinski definition) is 1. The Labute approximate surface area is 118 Å². The summed E-state index contributed by atoms with van der Waals surface area (Å²) < 4.78 is 0. The van der Waals surface area contributed by atoms with Gasteiger partial charge in [-0.25, -0.2) is 0 Å². The van der Waals surface area contributed by atoms with Crippen LogP contribution < -0.4 is 0 Å². The summed E-state index contributed by atoms with van der Waals surface area (Å²) in [6.07, 6.45) is 0.00747. The molecule has 0 aliphatic rings. The molecule has 1 N–H and O–H groups in total. The number of aryl methyl sites for hydroxylation is 1. The molecule has 4 nitrogen and oxygen atoms in total. The van der Waals surface area contributed by atoms with E-state index in [0.717, 1.165) is 4.88 Å². The second-order valence-corrected chi connectivity index (χ2v) is 6.81. The predicted octanol–water partition coefficient (Wildman–Crippen LogP) is 3.08. The molecular formula is C14H21NO3S. The predicted molar refractivity (Wildman–Crippen MR) is 76.3 cm³/mol. The van der Waals surface area contributed by atoms with Crippen LogP contribution in [0.4, 0.5) is 0 Å². The quantitative estimate of drug-likeness (QED) is 0.903. The van der Waals surface area contributed by atoms with Crippen molar-refractivity contribution in [3.8, 4) is 0 Å². The number of carboxylic acids is 1. The first-order valence-electron chi connectivity index (χ1n) is 6.20. The zero-order chi connectivity index (χ0) is 14.8. The molecule has 1 unspecified atom stereocenters. The first kappa shape index (κ1) is 15.7. The van der Waals surface area contributed by atoms with E-state index in [-0.39, 0.29) is 18.4 Å². The Bertz CT molecular complexity index is 479.